The zero-order valence-corrected chi connectivity index (χ0v) is 9.75. The molecule has 0 spiro atoms. The van der Waals surface area contributed by atoms with Crippen LogP contribution in [0.2, 0.25) is 0 Å². The summed E-state index contributed by atoms with van der Waals surface area (Å²) < 4.78 is 3.44. The van der Waals surface area contributed by atoms with Gasteiger partial charge in [0.25, 0.3) is 0 Å². The Bertz CT molecular complexity index is 383. The molecule has 0 unspecified atom stereocenters. The predicted octanol–water partition coefficient (Wildman–Crippen LogP) is 1.09. The van der Waals surface area contributed by atoms with Crippen molar-refractivity contribution in [3.8, 4) is 0 Å². The minimum Gasteiger partial charge on any atom is -0.279 e. The van der Waals surface area contributed by atoms with E-state index in [0.717, 1.165) is 56.8 Å². The summed E-state index contributed by atoms with van der Waals surface area (Å²) in [6.45, 7) is 1.58. The summed E-state index contributed by atoms with van der Waals surface area (Å²) >= 11 is 4.15. The molecule has 1 aromatic heterocycles. The van der Waals surface area contributed by atoms with Gasteiger partial charge in [0, 0.05) is 19.5 Å². The third-order valence-electron chi connectivity index (χ3n) is 2.81. The topological polar surface area (TPSA) is 39.8 Å². The molecule has 1 aliphatic rings. The van der Waals surface area contributed by atoms with Crippen LogP contribution in [-0.2, 0) is 19.5 Å². The number of fused-ring (bicyclic) bond motifs is 1. The van der Waals surface area contributed by atoms with E-state index < -0.39 is 0 Å². The lowest BCUT2D eigenvalue weighted by Gasteiger charge is -2.09. The lowest BCUT2D eigenvalue weighted by molar-refractivity contribution is 0.509. The zero-order chi connectivity index (χ0) is 10.7. The number of unbranched alkanes of at least 4 members (excludes halogenated alkanes) is 1. The predicted molar refractivity (Wildman–Crippen MR) is 62.5 cm³/mol. The minimum absolute atomic E-state index is 0.0730. The maximum absolute atomic E-state index is 11.9. The molecule has 1 aliphatic heterocycles. The van der Waals surface area contributed by atoms with Gasteiger partial charge < -0.3 is 0 Å². The first kappa shape index (κ1) is 10.8. The monoisotopic (exact) mass is 227 g/mol. The van der Waals surface area contributed by atoms with E-state index in [2.05, 4.69) is 17.7 Å². The van der Waals surface area contributed by atoms with Gasteiger partial charge in [0.2, 0.25) is 0 Å². The van der Waals surface area contributed by atoms with Gasteiger partial charge in [0.1, 0.15) is 5.82 Å². The standard InChI is InChI=1S/C10H17N3OS/c14-10-12-6-2-1-5-9(12)11-13(10)7-3-4-8-15/h15H,1-8H2. The van der Waals surface area contributed by atoms with Crippen LogP contribution in [0, 0.1) is 0 Å². The Balaban J connectivity index is 2.11. The van der Waals surface area contributed by atoms with Crippen LogP contribution in [0.3, 0.4) is 0 Å². The SMILES string of the molecule is O=c1n(CCCCS)nc2n1CCCC2. The van der Waals surface area contributed by atoms with Gasteiger partial charge in [-0.25, -0.2) is 9.48 Å². The van der Waals surface area contributed by atoms with Crippen LogP contribution in [0.4, 0.5) is 0 Å². The van der Waals surface area contributed by atoms with E-state index in [9.17, 15) is 4.79 Å². The van der Waals surface area contributed by atoms with Gasteiger partial charge in [0.15, 0.2) is 0 Å². The van der Waals surface area contributed by atoms with Crippen molar-refractivity contribution >= 4 is 12.6 Å². The minimum atomic E-state index is 0.0730. The van der Waals surface area contributed by atoms with Crippen LogP contribution in [-0.4, -0.2) is 20.1 Å². The Morgan fingerprint density at radius 1 is 1.33 bits per heavy atom. The average molecular weight is 227 g/mol. The largest absolute Gasteiger partial charge is 0.345 e. The second-order valence-electron chi connectivity index (χ2n) is 3.96. The fraction of sp³-hybridized carbons (Fsp3) is 0.800. The van der Waals surface area contributed by atoms with Gasteiger partial charge in [-0.1, -0.05) is 0 Å². The van der Waals surface area contributed by atoms with Crippen LogP contribution in [0.15, 0.2) is 4.79 Å². The van der Waals surface area contributed by atoms with Crippen molar-refractivity contribution in [2.24, 2.45) is 0 Å². The number of thiol groups is 1. The number of hydrogen-bond acceptors (Lipinski definition) is 3. The van der Waals surface area contributed by atoms with Gasteiger partial charge in [-0.3, -0.25) is 4.57 Å². The lowest BCUT2D eigenvalue weighted by atomic mass is 10.2. The highest BCUT2D eigenvalue weighted by Crippen LogP contribution is 2.09. The van der Waals surface area contributed by atoms with Crippen molar-refractivity contribution in [1.82, 2.24) is 14.3 Å². The van der Waals surface area contributed by atoms with Crippen molar-refractivity contribution in [3.63, 3.8) is 0 Å². The highest BCUT2D eigenvalue weighted by atomic mass is 32.1. The number of aromatic nitrogens is 3. The molecule has 1 aromatic rings. The molecule has 0 aliphatic carbocycles. The molecule has 2 rings (SSSR count). The number of nitrogens with zero attached hydrogens (tertiary/aromatic N) is 3. The molecule has 84 valence electrons. The van der Waals surface area contributed by atoms with Gasteiger partial charge in [-0.2, -0.15) is 17.7 Å². The van der Waals surface area contributed by atoms with Crippen LogP contribution in [0.1, 0.15) is 31.5 Å². The molecular formula is C10H17N3OS. The Hall–Kier alpha value is -0.710. The van der Waals surface area contributed by atoms with E-state index in [1.165, 1.54) is 0 Å². The zero-order valence-electron chi connectivity index (χ0n) is 8.85. The van der Waals surface area contributed by atoms with Crippen LogP contribution >= 0.6 is 12.6 Å². The number of hydrogen-bond donors (Lipinski definition) is 1. The molecule has 2 heterocycles. The third-order valence-corrected chi connectivity index (χ3v) is 3.13. The molecule has 0 fully saturated rings. The molecule has 5 heteroatoms. The summed E-state index contributed by atoms with van der Waals surface area (Å²) in [5.41, 5.74) is 0.0730. The van der Waals surface area contributed by atoms with E-state index >= 15 is 0 Å². The van der Waals surface area contributed by atoms with Crippen LogP contribution in [0.25, 0.3) is 0 Å². The van der Waals surface area contributed by atoms with Crippen molar-refractivity contribution in [3.05, 3.63) is 16.3 Å². The lowest BCUT2D eigenvalue weighted by Crippen LogP contribution is -2.27. The van der Waals surface area contributed by atoms with Crippen molar-refractivity contribution < 1.29 is 0 Å². The van der Waals surface area contributed by atoms with Crippen LogP contribution < -0.4 is 5.69 Å². The molecule has 0 radical (unpaired) electrons. The normalized spacial score (nSPS) is 15.3. The fourth-order valence-electron chi connectivity index (χ4n) is 1.97. The summed E-state index contributed by atoms with van der Waals surface area (Å²) in [6.07, 6.45) is 5.24. The van der Waals surface area contributed by atoms with Crippen LogP contribution in [0.5, 0.6) is 0 Å². The first-order valence-corrected chi connectivity index (χ1v) is 6.23. The van der Waals surface area contributed by atoms with E-state index in [0.29, 0.717) is 0 Å². The van der Waals surface area contributed by atoms with Crippen molar-refractivity contribution in [2.75, 3.05) is 5.75 Å². The molecule has 4 nitrogen and oxygen atoms in total. The molecule has 0 saturated carbocycles. The molecule has 0 bridgehead atoms. The average Bonchev–Trinajstić information content (AvgIpc) is 2.57. The van der Waals surface area contributed by atoms with Gasteiger partial charge >= 0.3 is 5.69 Å². The number of aryl methyl sites for hydroxylation is 2. The smallest absolute Gasteiger partial charge is 0.279 e. The molecule has 15 heavy (non-hydrogen) atoms. The van der Waals surface area contributed by atoms with E-state index in [-0.39, 0.29) is 5.69 Å². The highest BCUT2D eigenvalue weighted by molar-refractivity contribution is 7.80. The Labute approximate surface area is 94.7 Å². The second-order valence-corrected chi connectivity index (χ2v) is 4.41. The molecular weight excluding hydrogens is 210 g/mol. The van der Waals surface area contributed by atoms with E-state index in [1.54, 1.807) is 4.68 Å². The van der Waals surface area contributed by atoms with Gasteiger partial charge in [-0.05, 0) is 31.4 Å². The summed E-state index contributed by atoms with van der Waals surface area (Å²) in [5.74, 6) is 1.85. The Morgan fingerprint density at radius 3 is 2.93 bits per heavy atom. The molecule has 0 N–H and O–H groups in total. The summed E-state index contributed by atoms with van der Waals surface area (Å²) in [4.78, 5) is 11.9. The first-order valence-electron chi connectivity index (χ1n) is 5.60. The summed E-state index contributed by atoms with van der Waals surface area (Å²) in [6, 6.07) is 0. The van der Waals surface area contributed by atoms with Crippen molar-refractivity contribution in [1.29, 1.82) is 0 Å². The Morgan fingerprint density at radius 2 is 2.20 bits per heavy atom. The molecule has 0 saturated heterocycles. The summed E-state index contributed by atoms with van der Waals surface area (Å²) in [5, 5.41) is 4.36. The van der Waals surface area contributed by atoms with E-state index in [1.807, 2.05) is 4.57 Å². The fourth-order valence-corrected chi connectivity index (χ4v) is 2.19. The third kappa shape index (κ3) is 2.27. The molecule has 0 aromatic carbocycles. The second kappa shape index (κ2) is 4.88. The molecule has 0 amide bonds. The highest BCUT2D eigenvalue weighted by Gasteiger charge is 2.15. The maximum atomic E-state index is 11.9. The molecule has 0 atom stereocenters. The van der Waals surface area contributed by atoms with E-state index in [4.69, 9.17) is 0 Å². The quantitative estimate of drug-likeness (QED) is 0.618. The van der Waals surface area contributed by atoms with Crippen molar-refractivity contribution in [2.45, 2.75) is 45.2 Å². The van der Waals surface area contributed by atoms with Gasteiger partial charge in [0.05, 0.1) is 0 Å². The van der Waals surface area contributed by atoms with Gasteiger partial charge in [-0.15, -0.1) is 0 Å². The Kier molecular flexibility index (Phi) is 3.51. The number of rotatable bonds is 4. The first-order chi connectivity index (χ1) is 7.33. The maximum Gasteiger partial charge on any atom is 0.345 e. The summed E-state index contributed by atoms with van der Waals surface area (Å²) in [7, 11) is 0.